The minimum Gasteiger partial charge on any atom is -0.318 e. The first-order chi connectivity index (χ1) is 9.38. The predicted molar refractivity (Wildman–Crippen MR) is 73.3 cm³/mol. The molecule has 0 aliphatic heterocycles. The third kappa shape index (κ3) is 3.05. The number of hydrogen-bond donors (Lipinski definition) is 1. The van der Waals surface area contributed by atoms with Gasteiger partial charge in [0.1, 0.15) is 5.82 Å². The Morgan fingerprint density at radius 1 is 1.20 bits per heavy atom. The second-order valence-corrected chi connectivity index (χ2v) is 4.82. The highest BCUT2D eigenvalue weighted by molar-refractivity contribution is 6.36. The van der Waals surface area contributed by atoms with E-state index in [0.29, 0.717) is 11.8 Å². The summed E-state index contributed by atoms with van der Waals surface area (Å²) in [6.45, 7) is 1.71. The van der Waals surface area contributed by atoms with E-state index in [9.17, 15) is 13.6 Å². The maximum atomic E-state index is 13.6. The highest BCUT2D eigenvalue weighted by Gasteiger charge is 2.16. The van der Waals surface area contributed by atoms with Gasteiger partial charge in [0.15, 0.2) is 5.82 Å². The molecule has 2 aromatic rings. The van der Waals surface area contributed by atoms with Crippen molar-refractivity contribution < 1.29 is 13.6 Å². The summed E-state index contributed by atoms with van der Waals surface area (Å²) in [5, 5.41) is 2.18. The zero-order valence-electron chi connectivity index (χ0n) is 10.2. The zero-order chi connectivity index (χ0) is 14.9. The number of aromatic nitrogens is 1. The SMILES string of the molecule is Cc1cc(Cl)c(C(=O)Nc2c(F)cc(F)cc2Cl)cn1. The van der Waals surface area contributed by atoms with Gasteiger partial charge in [0.2, 0.25) is 0 Å². The van der Waals surface area contributed by atoms with Gasteiger partial charge in [-0.25, -0.2) is 8.78 Å². The lowest BCUT2D eigenvalue weighted by Gasteiger charge is -2.09. The molecule has 0 bridgehead atoms. The van der Waals surface area contributed by atoms with E-state index in [4.69, 9.17) is 23.2 Å². The standard InChI is InChI=1S/C13H8Cl2F2N2O/c1-6-2-9(14)8(5-18-6)13(20)19-12-10(15)3-7(16)4-11(12)17/h2-5H,1H3,(H,19,20). The molecule has 0 radical (unpaired) electrons. The van der Waals surface area contributed by atoms with Crippen LogP contribution >= 0.6 is 23.2 Å². The number of rotatable bonds is 2. The topological polar surface area (TPSA) is 42.0 Å². The molecule has 0 spiro atoms. The highest BCUT2D eigenvalue weighted by Crippen LogP contribution is 2.27. The Kier molecular flexibility index (Phi) is 4.20. The Balaban J connectivity index is 2.33. The van der Waals surface area contributed by atoms with Gasteiger partial charge >= 0.3 is 0 Å². The molecule has 7 heteroatoms. The van der Waals surface area contributed by atoms with E-state index in [1.165, 1.54) is 12.3 Å². The Labute approximate surface area is 123 Å². The molecule has 1 aromatic heterocycles. The number of carbonyl (C=O) groups excluding carboxylic acids is 1. The van der Waals surface area contributed by atoms with E-state index in [-0.39, 0.29) is 21.3 Å². The summed E-state index contributed by atoms with van der Waals surface area (Å²) in [6, 6.07) is 3.02. The molecule has 0 saturated heterocycles. The molecular weight excluding hydrogens is 309 g/mol. The molecule has 104 valence electrons. The molecule has 0 aliphatic rings. The van der Waals surface area contributed by atoms with Crippen molar-refractivity contribution >= 4 is 34.8 Å². The van der Waals surface area contributed by atoms with Crippen molar-refractivity contribution in [1.29, 1.82) is 0 Å². The molecule has 0 unspecified atom stereocenters. The molecule has 1 N–H and O–H groups in total. The van der Waals surface area contributed by atoms with Crippen LogP contribution in [0.4, 0.5) is 14.5 Å². The van der Waals surface area contributed by atoms with Crippen LogP contribution in [0.1, 0.15) is 16.1 Å². The number of nitrogens with zero attached hydrogens (tertiary/aromatic N) is 1. The predicted octanol–water partition coefficient (Wildman–Crippen LogP) is 4.23. The second kappa shape index (κ2) is 5.73. The van der Waals surface area contributed by atoms with E-state index < -0.39 is 17.5 Å². The van der Waals surface area contributed by atoms with E-state index in [1.807, 2.05) is 0 Å². The van der Waals surface area contributed by atoms with Crippen LogP contribution in [0.15, 0.2) is 24.4 Å². The molecule has 1 heterocycles. The largest absolute Gasteiger partial charge is 0.318 e. The van der Waals surface area contributed by atoms with Gasteiger partial charge in [-0.05, 0) is 19.1 Å². The van der Waals surface area contributed by atoms with Gasteiger partial charge in [-0.2, -0.15) is 0 Å². The van der Waals surface area contributed by atoms with Crippen molar-refractivity contribution in [3.63, 3.8) is 0 Å². The van der Waals surface area contributed by atoms with Gasteiger partial charge in [-0.1, -0.05) is 23.2 Å². The van der Waals surface area contributed by atoms with Gasteiger partial charge in [-0.15, -0.1) is 0 Å². The van der Waals surface area contributed by atoms with Gasteiger partial charge in [0.25, 0.3) is 5.91 Å². The maximum absolute atomic E-state index is 13.6. The molecule has 0 atom stereocenters. The summed E-state index contributed by atoms with van der Waals surface area (Å²) >= 11 is 11.6. The van der Waals surface area contributed by atoms with Crippen molar-refractivity contribution in [3.8, 4) is 0 Å². The summed E-state index contributed by atoms with van der Waals surface area (Å²) in [7, 11) is 0. The first kappa shape index (κ1) is 14.7. The van der Waals surface area contributed by atoms with Crippen LogP contribution in [0, 0.1) is 18.6 Å². The van der Waals surface area contributed by atoms with Gasteiger partial charge in [0, 0.05) is 18.0 Å². The normalized spacial score (nSPS) is 10.4. The third-order valence-electron chi connectivity index (χ3n) is 2.48. The monoisotopic (exact) mass is 316 g/mol. The number of amides is 1. The van der Waals surface area contributed by atoms with Crippen LogP contribution in [0.3, 0.4) is 0 Å². The molecule has 3 nitrogen and oxygen atoms in total. The number of benzene rings is 1. The van der Waals surface area contributed by atoms with E-state index in [1.54, 1.807) is 6.92 Å². The molecule has 0 saturated carbocycles. The van der Waals surface area contributed by atoms with Crippen molar-refractivity contribution in [3.05, 3.63) is 57.3 Å². The first-order valence-electron chi connectivity index (χ1n) is 5.46. The molecular formula is C13H8Cl2F2N2O. The smallest absolute Gasteiger partial charge is 0.258 e. The van der Waals surface area contributed by atoms with Crippen LogP contribution in [-0.2, 0) is 0 Å². The maximum Gasteiger partial charge on any atom is 0.258 e. The quantitative estimate of drug-likeness (QED) is 0.901. The summed E-state index contributed by atoms with van der Waals surface area (Å²) in [5.41, 5.74) is 0.393. The lowest BCUT2D eigenvalue weighted by Crippen LogP contribution is -2.14. The Hall–Kier alpha value is -1.72. The average molecular weight is 317 g/mol. The minimum atomic E-state index is -0.973. The van der Waals surface area contributed by atoms with E-state index in [2.05, 4.69) is 10.3 Å². The van der Waals surface area contributed by atoms with Crippen molar-refractivity contribution in [1.82, 2.24) is 4.98 Å². The van der Waals surface area contributed by atoms with E-state index in [0.717, 1.165) is 6.07 Å². The molecule has 0 aliphatic carbocycles. The Morgan fingerprint density at radius 3 is 2.50 bits per heavy atom. The fourth-order valence-corrected chi connectivity index (χ4v) is 2.07. The van der Waals surface area contributed by atoms with Crippen molar-refractivity contribution in [2.45, 2.75) is 6.92 Å². The lowest BCUT2D eigenvalue weighted by molar-refractivity contribution is 0.102. The molecule has 20 heavy (non-hydrogen) atoms. The summed E-state index contributed by atoms with van der Waals surface area (Å²) < 4.78 is 26.5. The van der Waals surface area contributed by atoms with Crippen LogP contribution in [0.5, 0.6) is 0 Å². The molecule has 1 aromatic carbocycles. The van der Waals surface area contributed by atoms with Crippen molar-refractivity contribution in [2.24, 2.45) is 0 Å². The van der Waals surface area contributed by atoms with Crippen LogP contribution in [-0.4, -0.2) is 10.9 Å². The summed E-state index contributed by atoms with van der Waals surface area (Å²) in [5.74, 6) is -2.49. The highest BCUT2D eigenvalue weighted by atomic mass is 35.5. The number of hydrogen-bond acceptors (Lipinski definition) is 2. The molecule has 0 fully saturated rings. The summed E-state index contributed by atoms with van der Waals surface area (Å²) in [4.78, 5) is 15.9. The fraction of sp³-hybridized carbons (Fsp3) is 0.0769. The second-order valence-electron chi connectivity index (χ2n) is 4.00. The van der Waals surface area contributed by atoms with Crippen LogP contribution in [0.25, 0.3) is 0 Å². The minimum absolute atomic E-state index is 0.0667. The number of nitrogens with one attached hydrogen (secondary N) is 1. The van der Waals surface area contributed by atoms with Gasteiger partial charge < -0.3 is 5.32 Å². The zero-order valence-corrected chi connectivity index (χ0v) is 11.7. The molecule has 2 rings (SSSR count). The van der Waals surface area contributed by atoms with Gasteiger partial charge in [-0.3, -0.25) is 9.78 Å². The number of pyridine rings is 1. The Morgan fingerprint density at radius 2 is 1.90 bits per heavy atom. The van der Waals surface area contributed by atoms with Crippen LogP contribution < -0.4 is 5.32 Å². The van der Waals surface area contributed by atoms with Gasteiger partial charge in [0.05, 0.1) is 21.3 Å². The summed E-state index contributed by atoms with van der Waals surface area (Å²) in [6.07, 6.45) is 1.27. The molecule has 1 amide bonds. The number of carbonyl (C=O) groups is 1. The van der Waals surface area contributed by atoms with E-state index >= 15 is 0 Å². The number of anilines is 1. The first-order valence-corrected chi connectivity index (χ1v) is 6.22. The average Bonchev–Trinajstić information content (AvgIpc) is 2.33. The van der Waals surface area contributed by atoms with Crippen molar-refractivity contribution in [2.75, 3.05) is 5.32 Å². The van der Waals surface area contributed by atoms with Crippen LogP contribution in [0.2, 0.25) is 10.0 Å². The fourth-order valence-electron chi connectivity index (χ4n) is 1.54. The Bertz CT molecular complexity index is 669. The third-order valence-corrected chi connectivity index (χ3v) is 3.09. The lowest BCUT2D eigenvalue weighted by atomic mass is 10.2. The number of halogens is 4. The number of aryl methyl sites for hydroxylation is 1.